The lowest BCUT2D eigenvalue weighted by atomic mass is 9.98. The molecule has 0 aromatic rings. The van der Waals surface area contributed by atoms with Crippen LogP contribution >= 0.6 is 0 Å². The maximum atomic E-state index is 9.42. The minimum atomic E-state index is 0.0961. The molecule has 0 aliphatic heterocycles. The molecule has 9 heavy (non-hydrogen) atoms. The van der Waals surface area contributed by atoms with Gasteiger partial charge in [-0.15, -0.1) is 0 Å². The van der Waals surface area contributed by atoms with Gasteiger partial charge in [0.15, 0.2) is 0 Å². The van der Waals surface area contributed by atoms with E-state index in [0.29, 0.717) is 0 Å². The second-order valence-corrected chi connectivity index (χ2v) is 4.03. The van der Waals surface area contributed by atoms with E-state index < -0.39 is 0 Å². The summed E-state index contributed by atoms with van der Waals surface area (Å²) in [5.74, 6) is 3.71. The Hall–Kier alpha value is -0.0400. The van der Waals surface area contributed by atoms with Crippen molar-refractivity contribution in [2.75, 3.05) is 0 Å². The Morgan fingerprint density at radius 1 is 0.889 bits per heavy atom. The van der Waals surface area contributed by atoms with Crippen molar-refractivity contribution in [3.63, 3.8) is 0 Å². The molecule has 3 aliphatic carbocycles. The number of rotatable bonds is 0. The Labute approximate surface area is 55.1 Å². The normalized spacial score (nSPS) is 68.3. The van der Waals surface area contributed by atoms with E-state index >= 15 is 0 Å². The first-order valence-electron chi connectivity index (χ1n) is 4.04. The molecule has 0 heterocycles. The highest BCUT2D eigenvalue weighted by molar-refractivity contribution is 5.09. The van der Waals surface area contributed by atoms with E-state index in [4.69, 9.17) is 0 Å². The summed E-state index contributed by atoms with van der Waals surface area (Å²) in [6.45, 7) is 0. The van der Waals surface area contributed by atoms with Crippen LogP contribution in [0.1, 0.15) is 19.3 Å². The molecular weight excluding hydrogens is 112 g/mol. The van der Waals surface area contributed by atoms with Gasteiger partial charge in [-0.05, 0) is 42.9 Å². The monoisotopic (exact) mass is 124 g/mol. The smallest absolute Gasteiger partial charge is 0.0574 e. The van der Waals surface area contributed by atoms with Crippen LogP contribution in [0.2, 0.25) is 0 Å². The van der Waals surface area contributed by atoms with E-state index in [9.17, 15) is 5.11 Å². The molecule has 0 aromatic carbocycles. The Morgan fingerprint density at radius 3 is 2.33 bits per heavy atom. The molecule has 0 spiro atoms. The Balaban J connectivity index is 1.96. The zero-order valence-electron chi connectivity index (χ0n) is 5.46. The van der Waals surface area contributed by atoms with Crippen LogP contribution in [0, 0.1) is 23.7 Å². The number of aliphatic hydroxyl groups excluding tert-OH is 1. The summed E-state index contributed by atoms with van der Waals surface area (Å²) < 4.78 is 0. The van der Waals surface area contributed by atoms with E-state index in [1.54, 1.807) is 0 Å². The molecular formula is C8H12O. The van der Waals surface area contributed by atoms with Gasteiger partial charge in [0.05, 0.1) is 6.10 Å². The van der Waals surface area contributed by atoms with Crippen molar-refractivity contribution >= 4 is 0 Å². The molecule has 50 valence electrons. The first kappa shape index (κ1) is 4.73. The molecule has 0 amide bonds. The summed E-state index contributed by atoms with van der Waals surface area (Å²) in [7, 11) is 0. The fourth-order valence-corrected chi connectivity index (χ4v) is 3.17. The highest BCUT2D eigenvalue weighted by Gasteiger charge is 2.60. The van der Waals surface area contributed by atoms with Gasteiger partial charge < -0.3 is 5.11 Å². The average molecular weight is 124 g/mol. The lowest BCUT2D eigenvalue weighted by Crippen LogP contribution is -2.17. The molecule has 0 aromatic heterocycles. The predicted octanol–water partition coefficient (Wildman–Crippen LogP) is 1.02. The van der Waals surface area contributed by atoms with Gasteiger partial charge in [0, 0.05) is 0 Å². The lowest BCUT2D eigenvalue weighted by Gasteiger charge is -2.14. The number of fused-ring (bicyclic) bond motifs is 5. The van der Waals surface area contributed by atoms with Crippen molar-refractivity contribution in [1.82, 2.24) is 0 Å². The van der Waals surface area contributed by atoms with Gasteiger partial charge in [0.25, 0.3) is 0 Å². The molecule has 0 radical (unpaired) electrons. The number of hydrogen-bond acceptors (Lipinski definition) is 1. The lowest BCUT2D eigenvalue weighted by molar-refractivity contribution is 0.107. The van der Waals surface area contributed by atoms with Gasteiger partial charge in [0.1, 0.15) is 0 Å². The molecule has 5 atom stereocenters. The predicted molar refractivity (Wildman–Crippen MR) is 33.8 cm³/mol. The summed E-state index contributed by atoms with van der Waals surface area (Å²) in [4.78, 5) is 0. The third-order valence-electron chi connectivity index (χ3n) is 3.66. The minimum Gasteiger partial charge on any atom is -0.393 e. The van der Waals surface area contributed by atoms with E-state index in [0.717, 1.165) is 30.1 Å². The third kappa shape index (κ3) is 0.420. The zero-order chi connectivity index (χ0) is 6.01. The van der Waals surface area contributed by atoms with Gasteiger partial charge in [-0.2, -0.15) is 0 Å². The van der Waals surface area contributed by atoms with E-state index in [-0.39, 0.29) is 6.10 Å². The van der Waals surface area contributed by atoms with Crippen molar-refractivity contribution in [3.05, 3.63) is 0 Å². The van der Waals surface area contributed by atoms with Crippen molar-refractivity contribution in [1.29, 1.82) is 0 Å². The topological polar surface area (TPSA) is 20.2 Å². The van der Waals surface area contributed by atoms with E-state index in [1.807, 2.05) is 0 Å². The summed E-state index contributed by atoms with van der Waals surface area (Å²) in [5, 5.41) is 9.42. The Morgan fingerprint density at radius 2 is 1.78 bits per heavy atom. The molecule has 3 aliphatic rings. The molecule has 3 saturated carbocycles. The molecule has 2 bridgehead atoms. The Bertz CT molecular complexity index is 151. The van der Waals surface area contributed by atoms with Crippen molar-refractivity contribution in [3.8, 4) is 0 Å². The molecule has 0 saturated heterocycles. The van der Waals surface area contributed by atoms with Crippen LogP contribution in [-0.2, 0) is 0 Å². The number of aliphatic hydroxyl groups is 1. The second kappa shape index (κ2) is 1.20. The van der Waals surface area contributed by atoms with Crippen molar-refractivity contribution in [2.45, 2.75) is 25.4 Å². The van der Waals surface area contributed by atoms with Gasteiger partial charge in [0.2, 0.25) is 0 Å². The molecule has 1 nitrogen and oxygen atoms in total. The maximum absolute atomic E-state index is 9.42. The first-order valence-corrected chi connectivity index (χ1v) is 4.04. The van der Waals surface area contributed by atoms with Crippen molar-refractivity contribution in [2.24, 2.45) is 23.7 Å². The minimum absolute atomic E-state index is 0.0961. The Kier molecular flexibility index (Phi) is 0.628. The van der Waals surface area contributed by atoms with Crippen LogP contribution in [0.3, 0.4) is 0 Å². The summed E-state index contributed by atoms with van der Waals surface area (Å²) in [6.07, 6.45) is 4.04. The highest BCUT2D eigenvalue weighted by Crippen LogP contribution is 2.65. The van der Waals surface area contributed by atoms with Crippen LogP contribution in [-0.4, -0.2) is 11.2 Å². The van der Waals surface area contributed by atoms with Crippen molar-refractivity contribution < 1.29 is 5.11 Å². The largest absolute Gasteiger partial charge is 0.393 e. The first-order chi connectivity index (χ1) is 4.36. The maximum Gasteiger partial charge on any atom is 0.0574 e. The molecule has 1 N–H and O–H groups in total. The van der Waals surface area contributed by atoms with Gasteiger partial charge in [-0.25, -0.2) is 0 Å². The fraction of sp³-hybridized carbons (Fsp3) is 1.00. The average Bonchev–Trinajstić information content (AvgIpc) is 2.46. The van der Waals surface area contributed by atoms with Crippen LogP contribution in [0.15, 0.2) is 0 Å². The highest BCUT2D eigenvalue weighted by atomic mass is 16.3. The van der Waals surface area contributed by atoms with Gasteiger partial charge in [-0.3, -0.25) is 0 Å². The van der Waals surface area contributed by atoms with E-state index in [1.165, 1.54) is 12.8 Å². The van der Waals surface area contributed by atoms with Crippen LogP contribution in [0.4, 0.5) is 0 Å². The van der Waals surface area contributed by atoms with Crippen LogP contribution in [0.25, 0.3) is 0 Å². The molecule has 3 fully saturated rings. The van der Waals surface area contributed by atoms with Gasteiger partial charge >= 0.3 is 0 Å². The van der Waals surface area contributed by atoms with Crippen LogP contribution in [0.5, 0.6) is 0 Å². The van der Waals surface area contributed by atoms with Gasteiger partial charge in [-0.1, -0.05) is 0 Å². The molecule has 1 heteroatoms. The second-order valence-electron chi connectivity index (χ2n) is 4.03. The summed E-state index contributed by atoms with van der Waals surface area (Å²) in [5.41, 5.74) is 0. The third-order valence-corrected chi connectivity index (χ3v) is 3.66. The summed E-state index contributed by atoms with van der Waals surface area (Å²) >= 11 is 0. The SMILES string of the molecule is O[C@@H]1C[C@@H]2C[C@@H]1[C@@H]1C[C@H]21. The van der Waals surface area contributed by atoms with E-state index in [2.05, 4.69) is 0 Å². The van der Waals surface area contributed by atoms with Crippen LogP contribution < -0.4 is 0 Å². The summed E-state index contributed by atoms with van der Waals surface area (Å²) in [6, 6.07) is 0. The molecule has 0 unspecified atom stereocenters. The standard InChI is InChI=1S/C8H12O/c9-8-2-4-1-7(8)6-3-5(4)6/h4-9H,1-3H2/t4-,5+,6+,7+,8+/m0/s1. The fourth-order valence-electron chi connectivity index (χ4n) is 3.17. The zero-order valence-corrected chi connectivity index (χ0v) is 5.46. The quantitative estimate of drug-likeness (QED) is 0.511. The number of hydrogen-bond donors (Lipinski definition) is 1. The molecule has 3 rings (SSSR count).